The standard InChI is InChI=1S/C41H49N3O8/c1-3-12-33(25-38(46)44-23-11-18-35(44)26-45)39(47)42-34(24-30-19-21-36(22-20-30)50-27-31-14-7-5-8-15-31)29-51-40(48)37(13-4-2)43-41(49)52-28-32-16-9-6-10-17-32/h3-10,14-17,19-22,33-35,37,45H,1-2,11-13,18,23-29H2,(H,42,47)(H,43,49)/t33-,34+,35+,37-/m1/s1. The molecule has 3 amide bonds. The summed E-state index contributed by atoms with van der Waals surface area (Å²) in [5.41, 5.74) is 2.67. The third-order valence-electron chi connectivity index (χ3n) is 8.77. The number of aliphatic hydroxyl groups is 1. The second kappa shape index (κ2) is 21.1. The second-order valence-electron chi connectivity index (χ2n) is 12.7. The molecule has 0 aromatic heterocycles. The van der Waals surface area contributed by atoms with Crippen molar-refractivity contribution in [3.8, 4) is 5.75 Å². The van der Waals surface area contributed by atoms with Crippen LogP contribution in [0.4, 0.5) is 4.79 Å². The van der Waals surface area contributed by atoms with Crippen LogP contribution in [-0.2, 0) is 43.5 Å². The average molecular weight is 712 g/mol. The van der Waals surface area contributed by atoms with Crippen molar-refractivity contribution in [2.24, 2.45) is 5.92 Å². The van der Waals surface area contributed by atoms with Crippen molar-refractivity contribution in [2.75, 3.05) is 19.8 Å². The summed E-state index contributed by atoms with van der Waals surface area (Å²) in [5, 5.41) is 15.3. The van der Waals surface area contributed by atoms with E-state index in [1.807, 2.05) is 84.9 Å². The topological polar surface area (TPSA) is 143 Å². The zero-order valence-corrected chi connectivity index (χ0v) is 29.5. The minimum Gasteiger partial charge on any atom is -0.489 e. The summed E-state index contributed by atoms with van der Waals surface area (Å²) < 4.78 is 16.9. The van der Waals surface area contributed by atoms with Crippen LogP contribution in [0.15, 0.2) is 110 Å². The van der Waals surface area contributed by atoms with Gasteiger partial charge in [-0.05, 0) is 60.9 Å². The second-order valence-corrected chi connectivity index (χ2v) is 12.7. The van der Waals surface area contributed by atoms with Crippen LogP contribution in [0, 0.1) is 5.92 Å². The van der Waals surface area contributed by atoms with Crippen molar-refractivity contribution in [3.63, 3.8) is 0 Å². The molecule has 276 valence electrons. The molecule has 11 heteroatoms. The molecular formula is C41H49N3O8. The number of nitrogens with zero attached hydrogens (tertiary/aromatic N) is 1. The lowest BCUT2D eigenvalue weighted by molar-refractivity contribution is -0.147. The molecule has 52 heavy (non-hydrogen) atoms. The number of esters is 1. The number of alkyl carbamates (subject to hydrolysis) is 1. The molecule has 4 rings (SSSR count). The fraction of sp³-hybridized carbons (Fsp3) is 0.366. The molecule has 0 spiro atoms. The van der Waals surface area contributed by atoms with Gasteiger partial charge in [-0.2, -0.15) is 0 Å². The quantitative estimate of drug-likeness (QED) is 0.106. The monoisotopic (exact) mass is 711 g/mol. The molecule has 0 aliphatic carbocycles. The molecule has 0 unspecified atom stereocenters. The largest absolute Gasteiger partial charge is 0.489 e. The van der Waals surface area contributed by atoms with E-state index in [-0.39, 0.29) is 56.9 Å². The summed E-state index contributed by atoms with van der Waals surface area (Å²) >= 11 is 0. The third-order valence-corrected chi connectivity index (χ3v) is 8.77. The van der Waals surface area contributed by atoms with Gasteiger partial charge >= 0.3 is 12.1 Å². The summed E-state index contributed by atoms with van der Waals surface area (Å²) in [6, 6.07) is 24.4. The van der Waals surface area contributed by atoms with Gasteiger partial charge in [-0.15, -0.1) is 13.2 Å². The van der Waals surface area contributed by atoms with Crippen molar-refractivity contribution < 1.29 is 38.5 Å². The van der Waals surface area contributed by atoms with E-state index >= 15 is 0 Å². The van der Waals surface area contributed by atoms with Gasteiger partial charge in [0.15, 0.2) is 0 Å². The highest BCUT2D eigenvalue weighted by molar-refractivity contribution is 5.86. The van der Waals surface area contributed by atoms with Crippen molar-refractivity contribution in [2.45, 2.75) is 69.9 Å². The van der Waals surface area contributed by atoms with Crippen LogP contribution in [0.3, 0.4) is 0 Å². The lowest BCUT2D eigenvalue weighted by Crippen LogP contribution is -2.47. The molecule has 3 N–H and O–H groups in total. The van der Waals surface area contributed by atoms with E-state index in [1.165, 1.54) is 6.08 Å². The molecule has 0 saturated carbocycles. The Balaban J connectivity index is 1.42. The predicted molar refractivity (Wildman–Crippen MR) is 197 cm³/mol. The normalized spacial score (nSPS) is 15.4. The van der Waals surface area contributed by atoms with Crippen molar-refractivity contribution in [1.82, 2.24) is 15.5 Å². The summed E-state index contributed by atoms with van der Waals surface area (Å²) in [6.07, 6.45) is 4.41. The van der Waals surface area contributed by atoms with Gasteiger partial charge in [-0.1, -0.05) is 84.9 Å². The number of likely N-dealkylation sites (tertiary alicyclic amines) is 1. The lowest BCUT2D eigenvalue weighted by Gasteiger charge is -2.26. The molecule has 11 nitrogen and oxygen atoms in total. The van der Waals surface area contributed by atoms with Gasteiger partial charge in [0.05, 0.1) is 24.6 Å². The zero-order chi connectivity index (χ0) is 37.1. The first kappa shape index (κ1) is 39.4. The first-order valence-electron chi connectivity index (χ1n) is 17.6. The van der Waals surface area contributed by atoms with Crippen molar-refractivity contribution >= 4 is 23.9 Å². The molecule has 1 aliphatic rings. The van der Waals surface area contributed by atoms with Crippen LogP contribution in [-0.4, -0.2) is 71.8 Å². The van der Waals surface area contributed by atoms with Gasteiger partial charge in [-0.3, -0.25) is 9.59 Å². The third kappa shape index (κ3) is 12.7. The van der Waals surface area contributed by atoms with Gasteiger partial charge < -0.3 is 34.9 Å². The van der Waals surface area contributed by atoms with Crippen LogP contribution in [0.2, 0.25) is 0 Å². The maximum atomic E-state index is 13.7. The molecule has 1 aliphatic heterocycles. The van der Waals surface area contributed by atoms with Gasteiger partial charge in [0.25, 0.3) is 0 Å². The fourth-order valence-corrected chi connectivity index (χ4v) is 5.96. The number of nitrogens with one attached hydrogen (secondary N) is 2. The highest BCUT2D eigenvalue weighted by atomic mass is 16.6. The Morgan fingerprint density at radius 1 is 0.827 bits per heavy atom. The summed E-state index contributed by atoms with van der Waals surface area (Å²) in [5.74, 6) is -1.36. The highest BCUT2D eigenvalue weighted by Crippen LogP contribution is 2.22. The van der Waals surface area contributed by atoms with E-state index in [9.17, 15) is 24.3 Å². The van der Waals surface area contributed by atoms with Gasteiger partial charge in [0.2, 0.25) is 11.8 Å². The Bertz CT molecular complexity index is 1600. The number of carbonyl (C=O) groups excluding carboxylic acids is 4. The van der Waals surface area contributed by atoms with Crippen LogP contribution in [0.1, 0.15) is 48.8 Å². The van der Waals surface area contributed by atoms with Crippen LogP contribution in [0.25, 0.3) is 0 Å². The molecule has 1 fully saturated rings. The number of allylic oxidation sites excluding steroid dienone is 1. The van der Waals surface area contributed by atoms with Gasteiger partial charge in [0, 0.05) is 13.0 Å². The van der Waals surface area contributed by atoms with Gasteiger partial charge in [0.1, 0.15) is 31.6 Å². The Hall–Kier alpha value is -5.42. The maximum absolute atomic E-state index is 13.7. The maximum Gasteiger partial charge on any atom is 0.408 e. The highest BCUT2D eigenvalue weighted by Gasteiger charge is 2.32. The van der Waals surface area contributed by atoms with Crippen LogP contribution < -0.4 is 15.4 Å². The molecule has 3 aromatic rings. The fourth-order valence-electron chi connectivity index (χ4n) is 5.96. The Labute approximate surface area is 305 Å². The zero-order valence-electron chi connectivity index (χ0n) is 29.5. The number of ether oxygens (including phenoxy) is 3. The van der Waals surface area contributed by atoms with E-state index in [4.69, 9.17) is 14.2 Å². The predicted octanol–water partition coefficient (Wildman–Crippen LogP) is 5.27. The van der Waals surface area contributed by atoms with E-state index in [1.54, 1.807) is 11.0 Å². The molecule has 4 atom stereocenters. The molecule has 0 radical (unpaired) electrons. The minimum atomic E-state index is -1.07. The number of carbonyl (C=O) groups is 4. The molecule has 1 saturated heterocycles. The van der Waals surface area contributed by atoms with E-state index in [2.05, 4.69) is 23.8 Å². The SMILES string of the molecule is C=CC[C@H](CC(=O)N1CCC[C@H]1CO)C(=O)N[C@H](COC(=O)[C@@H](CC=C)NC(=O)OCc1ccccc1)Cc1ccc(OCc2ccccc2)cc1. The first-order valence-corrected chi connectivity index (χ1v) is 17.6. The minimum absolute atomic E-state index is 0.0273. The first-order chi connectivity index (χ1) is 25.3. The average Bonchev–Trinajstić information content (AvgIpc) is 3.66. The number of hydrogen-bond donors (Lipinski definition) is 3. The smallest absolute Gasteiger partial charge is 0.408 e. The number of amides is 3. The molecule has 3 aromatic carbocycles. The summed E-state index contributed by atoms with van der Waals surface area (Å²) in [6.45, 7) is 8.11. The number of aliphatic hydroxyl groups excluding tert-OH is 1. The van der Waals surface area contributed by atoms with Crippen LogP contribution >= 0.6 is 0 Å². The molecule has 0 bridgehead atoms. The van der Waals surface area contributed by atoms with E-state index in [0.717, 1.165) is 29.5 Å². The molecule has 1 heterocycles. The number of hydrogen-bond acceptors (Lipinski definition) is 8. The summed E-state index contributed by atoms with van der Waals surface area (Å²) in [4.78, 5) is 54.3. The summed E-state index contributed by atoms with van der Waals surface area (Å²) in [7, 11) is 0. The van der Waals surface area contributed by atoms with Crippen molar-refractivity contribution in [1.29, 1.82) is 0 Å². The Morgan fingerprint density at radius 3 is 2.12 bits per heavy atom. The number of benzene rings is 3. The Kier molecular flexibility index (Phi) is 15.9. The molecular weight excluding hydrogens is 662 g/mol. The Morgan fingerprint density at radius 2 is 1.48 bits per heavy atom. The van der Waals surface area contributed by atoms with Gasteiger partial charge in [-0.25, -0.2) is 9.59 Å². The van der Waals surface area contributed by atoms with Crippen LogP contribution in [0.5, 0.6) is 5.75 Å². The number of rotatable bonds is 20. The van der Waals surface area contributed by atoms with E-state index < -0.39 is 30.1 Å². The van der Waals surface area contributed by atoms with E-state index in [0.29, 0.717) is 25.3 Å². The van der Waals surface area contributed by atoms with Crippen molar-refractivity contribution in [3.05, 3.63) is 127 Å². The lowest BCUT2D eigenvalue weighted by atomic mass is 9.98.